The SMILES string of the molecule is Nc1c(NCc2ccc(F)cc2)ccc2c(C(F)(F)F)cc(=O)oc12. The van der Waals surface area contributed by atoms with E-state index in [9.17, 15) is 22.4 Å². The first-order valence-corrected chi connectivity index (χ1v) is 7.17. The highest BCUT2D eigenvalue weighted by molar-refractivity contribution is 5.96. The lowest BCUT2D eigenvalue weighted by Gasteiger charge is -2.14. The fourth-order valence-corrected chi connectivity index (χ4v) is 2.44. The lowest BCUT2D eigenvalue weighted by molar-refractivity contribution is -0.136. The summed E-state index contributed by atoms with van der Waals surface area (Å²) in [5, 5.41) is 2.63. The van der Waals surface area contributed by atoms with E-state index in [0.717, 1.165) is 5.56 Å². The molecule has 3 rings (SSSR count). The van der Waals surface area contributed by atoms with Crippen LogP contribution >= 0.6 is 0 Å². The molecule has 3 aromatic rings. The number of rotatable bonds is 3. The van der Waals surface area contributed by atoms with Gasteiger partial charge < -0.3 is 15.5 Å². The highest BCUT2D eigenvalue weighted by atomic mass is 19.4. The predicted molar refractivity (Wildman–Crippen MR) is 85.6 cm³/mol. The maximum absolute atomic E-state index is 13.1. The van der Waals surface area contributed by atoms with E-state index in [0.29, 0.717) is 11.8 Å². The second kappa shape index (κ2) is 6.12. The largest absolute Gasteiger partial charge is 0.420 e. The number of anilines is 2. The Bertz CT molecular complexity index is 979. The van der Waals surface area contributed by atoms with Crippen molar-refractivity contribution in [3.63, 3.8) is 0 Å². The van der Waals surface area contributed by atoms with Gasteiger partial charge in [-0.3, -0.25) is 0 Å². The van der Waals surface area contributed by atoms with Crippen LogP contribution in [0.15, 0.2) is 51.7 Å². The summed E-state index contributed by atoms with van der Waals surface area (Å²) in [5.74, 6) is -0.379. The Hall–Kier alpha value is -3.03. The van der Waals surface area contributed by atoms with Crippen molar-refractivity contribution in [3.05, 3.63) is 69.8 Å². The molecule has 0 saturated carbocycles. The van der Waals surface area contributed by atoms with Crippen LogP contribution in [0.25, 0.3) is 11.0 Å². The summed E-state index contributed by atoms with van der Waals surface area (Å²) in [6, 6.07) is 8.64. The van der Waals surface area contributed by atoms with E-state index in [1.165, 1.54) is 24.3 Å². The molecule has 3 N–H and O–H groups in total. The van der Waals surface area contributed by atoms with Crippen molar-refractivity contribution in [2.75, 3.05) is 11.1 Å². The van der Waals surface area contributed by atoms with Crippen LogP contribution in [-0.2, 0) is 12.7 Å². The topological polar surface area (TPSA) is 68.3 Å². The fraction of sp³-hybridized carbons (Fsp3) is 0.118. The second-order valence-corrected chi connectivity index (χ2v) is 5.36. The first-order valence-electron chi connectivity index (χ1n) is 7.17. The smallest absolute Gasteiger partial charge is 0.417 e. The average Bonchev–Trinajstić information content (AvgIpc) is 2.55. The van der Waals surface area contributed by atoms with Gasteiger partial charge in [0.2, 0.25) is 0 Å². The average molecular weight is 352 g/mol. The fourth-order valence-electron chi connectivity index (χ4n) is 2.44. The monoisotopic (exact) mass is 352 g/mol. The predicted octanol–water partition coefficient (Wildman–Crippen LogP) is 4.15. The van der Waals surface area contributed by atoms with Crippen LogP contribution in [-0.4, -0.2) is 0 Å². The highest BCUT2D eigenvalue weighted by Gasteiger charge is 2.34. The quantitative estimate of drug-likeness (QED) is 0.422. The molecular weight excluding hydrogens is 340 g/mol. The third-order valence-corrected chi connectivity index (χ3v) is 3.65. The van der Waals surface area contributed by atoms with E-state index in [-0.39, 0.29) is 29.0 Å². The standard InChI is InChI=1S/C17H12F4N2O2/c18-10-3-1-9(2-4-10)8-23-13-6-5-11-12(17(19,20)21)7-14(24)25-16(11)15(13)22/h1-7,23H,8,22H2. The Kier molecular flexibility index (Phi) is 4.12. The number of nitrogens with one attached hydrogen (secondary N) is 1. The molecule has 0 radical (unpaired) electrons. The number of benzene rings is 2. The maximum Gasteiger partial charge on any atom is 0.417 e. The molecule has 2 aromatic carbocycles. The Morgan fingerprint density at radius 2 is 1.76 bits per heavy atom. The van der Waals surface area contributed by atoms with Gasteiger partial charge in [0.1, 0.15) is 5.82 Å². The number of alkyl halides is 3. The summed E-state index contributed by atoms with van der Waals surface area (Å²) in [5.41, 5.74) is 4.24. The molecular formula is C17H12F4N2O2. The highest BCUT2D eigenvalue weighted by Crippen LogP contribution is 2.37. The lowest BCUT2D eigenvalue weighted by Crippen LogP contribution is -2.12. The van der Waals surface area contributed by atoms with Crippen LogP contribution in [0.3, 0.4) is 0 Å². The van der Waals surface area contributed by atoms with Gasteiger partial charge in [-0.2, -0.15) is 13.2 Å². The van der Waals surface area contributed by atoms with Gasteiger partial charge >= 0.3 is 11.8 Å². The van der Waals surface area contributed by atoms with E-state index in [1.54, 1.807) is 12.1 Å². The zero-order valence-electron chi connectivity index (χ0n) is 12.7. The summed E-state index contributed by atoms with van der Waals surface area (Å²) in [4.78, 5) is 11.4. The molecule has 1 aromatic heterocycles. The molecule has 8 heteroatoms. The minimum atomic E-state index is -4.70. The van der Waals surface area contributed by atoms with Gasteiger partial charge in [0.25, 0.3) is 0 Å². The van der Waals surface area contributed by atoms with E-state index < -0.39 is 17.4 Å². The molecule has 1 heterocycles. The van der Waals surface area contributed by atoms with Gasteiger partial charge in [-0.15, -0.1) is 0 Å². The molecule has 4 nitrogen and oxygen atoms in total. The molecule has 130 valence electrons. The summed E-state index contributed by atoms with van der Waals surface area (Å²) in [7, 11) is 0. The van der Waals surface area contributed by atoms with Crippen molar-refractivity contribution in [1.82, 2.24) is 0 Å². The Balaban J connectivity index is 1.99. The summed E-state index contributed by atoms with van der Waals surface area (Å²) in [6.07, 6.45) is -4.70. The number of halogens is 4. The molecule has 0 aliphatic rings. The summed E-state index contributed by atoms with van der Waals surface area (Å²) >= 11 is 0. The van der Waals surface area contributed by atoms with Crippen molar-refractivity contribution in [2.45, 2.75) is 12.7 Å². The molecule has 0 spiro atoms. The number of nitrogens with two attached hydrogens (primary N) is 1. The molecule has 0 unspecified atom stereocenters. The van der Waals surface area contributed by atoms with Crippen LogP contribution in [0.2, 0.25) is 0 Å². The molecule has 0 bridgehead atoms. The normalized spacial score (nSPS) is 11.7. The lowest BCUT2D eigenvalue weighted by atomic mass is 10.1. The second-order valence-electron chi connectivity index (χ2n) is 5.36. The van der Waals surface area contributed by atoms with Gasteiger partial charge in [-0.05, 0) is 29.8 Å². The minimum absolute atomic E-state index is 0.109. The molecule has 0 aliphatic carbocycles. The Morgan fingerprint density at radius 1 is 1.08 bits per heavy atom. The first-order chi connectivity index (χ1) is 11.8. The van der Waals surface area contributed by atoms with E-state index >= 15 is 0 Å². The van der Waals surface area contributed by atoms with E-state index in [4.69, 9.17) is 10.2 Å². The molecule has 0 aliphatic heterocycles. The zero-order valence-corrected chi connectivity index (χ0v) is 12.7. The van der Waals surface area contributed by atoms with Gasteiger partial charge in [-0.25, -0.2) is 9.18 Å². The summed E-state index contributed by atoms with van der Waals surface area (Å²) in [6.45, 7) is 0.263. The Morgan fingerprint density at radius 3 is 2.40 bits per heavy atom. The Labute approximate surface area is 138 Å². The van der Waals surface area contributed by atoms with Crippen LogP contribution in [0, 0.1) is 5.82 Å². The number of hydrogen-bond acceptors (Lipinski definition) is 4. The maximum atomic E-state index is 13.1. The molecule has 25 heavy (non-hydrogen) atoms. The van der Waals surface area contributed by atoms with Crippen molar-refractivity contribution < 1.29 is 22.0 Å². The number of fused-ring (bicyclic) bond motifs is 1. The van der Waals surface area contributed by atoms with Gasteiger partial charge in [0, 0.05) is 18.0 Å². The molecule has 0 atom stereocenters. The molecule has 0 saturated heterocycles. The molecule has 0 amide bonds. The van der Waals surface area contributed by atoms with Gasteiger partial charge in [-0.1, -0.05) is 12.1 Å². The van der Waals surface area contributed by atoms with Crippen molar-refractivity contribution in [2.24, 2.45) is 0 Å². The number of hydrogen-bond donors (Lipinski definition) is 2. The summed E-state index contributed by atoms with van der Waals surface area (Å²) < 4.78 is 56.9. The van der Waals surface area contributed by atoms with E-state index in [1.807, 2.05) is 0 Å². The van der Waals surface area contributed by atoms with Crippen LogP contribution in [0.4, 0.5) is 28.9 Å². The van der Waals surface area contributed by atoms with Crippen LogP contribution in [0.1, 0.15) is 11.1 Å². The third kappa shape index (κ3) is 3.42. The van der Waals surface area contributed by atoms with Crippen molar-refractivity contribution >= 4 is 22.3 Å². The van der Waals surface area contributed by atoms with E-state index in [2.05, 4.69) is 5.32 Å². The van der Waals surface area contributed by atoms with Gasteiger partial charge in [0.05, 0.1) is 16.9 Å². The first kappa shape index (κ1) is 16.8. The van der Waals surface area contributed by atoms with Crippen LogP contribution < -0.4 is 16.7 Å². The van der Waals surface area contributed by atoms with Crippen LogP contribution in [0.5, 0.6) is 0 Å². The zero-order chi connectivity index (χ0) is 18.2. The molecule has 0 fully saturated rings. The van der Waals surface area contributed by atoms with Crippen molar-refractivity contribution in [1.29, 1.82) is 0 Å². The third-order valence-electron chi connectivity index (χ3n) is 3.65. The van der Waals surface area contributed by atoms with Gasteiger partial charge in [0.15, 0.2) is 5.58 Å². The van der Waals surface area contributed by atoms with Crippen molar-refractivity contribution in [3.8, 4) is 0 Å². The minimum Gasteiger partial charge on any atom is -0.420 e. The number of nitrogen functional groups attached to an aromatic ring is 1.